The topological polar surface area (TPSA) is 86.7 Å². The molecule has 0 heterocycles. The molecule has 1 aromatic rings. The first-order valence-electron chi connectivity index (χ1n) is 3.98. The smallest absolute Gasteiger partial charge is 0.124 e. The van der Waals surface area contributed by atoms with Gasteiger partial charge in [0.05, 0.1) is 12.1 Å². The van der Waals surface area contributed by atoms with Gasteiger partial charge in [-0.3, -0.25) is 0 Å². The molecular weight excluding hydrogens is 206 g/mol. The van der Waals surface area contributed by atoms with Crippen LogP contribution in [0, 0.1) is 0 Å². The van der Waals surface area contributed by atoms with E-state index in [0.29, 0.717) is 5.56 Å². The van der Waals surface area contributed by atoms with Crippen LogP contribution >= 0.6 is 12.4 Å². The number of hydrogen-bond donors (Lipinski definition) is 4. The van der Waals surface area contributed by atoms with Crippen molar-refractivity contribution < 1.29 is 15.3 Å². The van der Waals surface area contributed by atoms with E-state index in [1.54, 1.807) is 0 Å². The minimum atomic E-state index is -0.740. The van der Waals surface area contributed by atoms with Gasteiger partial charge in [-0.2, -0.15) is 0 Å². The van der Waals surface area contributed by atoms with Crippen molar-refractivity contribution in [2.45, 2.75) is 19.1 Å². The molecule has 5 N–H and O–H groups in total. The van der Waals surface area contributed by atoms with Crippen LogP contribution < -0.4 is 5.73 Å². The molecule has 2 atom stereocenters. The number of phenolic OH excluding ortho intramolecular Hbond substituents is 2. The molecule has 0 unspecified atom stereocenters. The standard InChI is InChI=1S/C9H13NO3.ClH/c1-5(11)9(10)7-3-2-6(12)4-8(7)13;/h2-5,9,11-13H,10H2,1H3;1H/t5-,9-;/m0./s1. The molecule has 0 saturated heterocycles. The Labute approximate surface area is 88.4 Å². The zero-order chi connectivity index (χ0) is 10.0. The van der Waals surface area contributed by atoms with Crippen LogP contribution in [-0.4, -0.2) is 21.4 Å². The Balaban J connectivity index is 0.00000169. The molecule has 0 fully saturated rings. The highest BCUT2D eigenvalue weighted by Crippen LogP contribution is 2.28. The van der Waals surface area contributed by atoms with Crippen LogP contribution in [0.3, 0.4) is 0 Å². The second-order valence-electron chi connectivity index (χ2n) is 3.01. The number of aromatic hydroxyl groups is 2. The molecule has 0 aliphatic carbocycles. The number of aliphatic hydroxyl groups is 1. The van der Waals surface area contributed by atoms with E-state index in [4.69, 9.17) is 15.9 Å². The Morgan fingerprint density at radius 2 is 1.86 bits per heavy atom. The number of benzene rings is 1. The fourth-order valence-electron chi connectivity index (χ4n) is 1.07. The van der Waals surface area contributed by atoms with Crippen LogP contribution in [0.2, 0.25) is 0 Å². The van der Waals surface area contributed by atoms with Crippen LogP contribution in [0.5, 0.6) is 11.5 Å². The minimum absolute atomic E-state index is 0. The fraction of sp³-hybridized carbons (Fsp3) is 0.333. The molecule has 0 spiro atoms. The van der Waals surface area contributed by atoms with Gasteiger partial charge in [-0.05, 0) is 19.1 Å². The van der Waals surface area contributed by atoms with E-state index < -0.39 is 12.1 Å². The molecule has 1 rings (SSSR count). The Morgan fingerprint density at radius 1 is 1.29 bits per heavy atom. The van der Waals surface area contributed by atoms with E-state index in [2.05, 4.69) is 0 Å². The number of rotatable bonds is 2. The molecule has 0 aliphatic heterocycles. The molecule has 0 bridgehead atoms. The molecule has 0 radical (unpaired) electrons. The molecular formula is C9H14ClNO3. The van der Waals surface area contributed by atoms with Gasteiger partial charge in [-0.1, -0.05) is 0 Å². The maximum atomic E-state index is 9.36. The lowest BCUT2D eigenvalue weighted by atomic mass is 10.0. The summed E-state index contributed by atoms with van der Waals surface area (Å²) in [5.41, 5.74) is 6.02. The number of hydrogen-bond acceptors (Lipinski definition) is 4. The summed E-state index contributed by atoms with van der Waals surface area (Å²) in [6, 6.07) is 3.46. The average Bonchev–Trinajstić information content (AvgIpc) is 2.03. The van der Waals surface area contributed by atoms with Gasteiger partial charge in [0.1, 0.15) is 11.5 Å². The van der Waals surface area contributed by atoms with Gasteiger partial charge in [-0.25, -0.2) is 0 Å². The van der Waals surface area contributed by atoms with Crippen molar-refractivity contribution in [2.24, 2.45) is 5.73 Å². The third kappa shape index (κ3) is 2.77. The van der Waals surface area contributed by atoms with E-state index in [-0.39, 0.29) is 23.9 Å². The van der Waals surface area contributed by atoms with E-state index in [1.807, 2.05) is 0 Å². The zero-order valence-electron chi connectivity index (χ0n) is 7.71. The third-order valence-corrected chi connectivity index (χ3v) is 1.89. The van der Waals surface area contributed by atoms with Crippen molar-refractivity contribution in [2.75, 3.05) is 0 Å². The van der Waals surface area contributed by atoms with Crippen LogP contribution in [0.15, 0.2) is 18.2 Å². The summed E-state index contributed by atoms with van der Waals surface area (Å²) in [6.45, 7) is 1.54. The van der Waals surface area contributed by atoms with Crippen molar-refractivity contribution >= 4 is 12.4 Å². The van der Waals surface area contributed by atoms with Crippen LogP contribution in [0.4, 0.5) is 0 Å². The lowest BCUT2D eigenvalue weighted by Crippen LogP contribution is -2.23. The van der Waals surface area contributed by atoms with Gasteiger partial charge < -0.3 is 21.1 Å². The summed E-state index contributed by atoms with van der Waals surface area (Å²) in [7, 11) is 0. The molecule has 80 valence electrons. The van der Waals surface area contributed by atoms with Crippen LogP contribution in [0.1, 0.15) is 18.5 Å². The first-order chi connectivity index (χ1) is 6.02. The van der Waals surface area contributed by atoms with Crippen molar-refractivity contribution in [3.05, 3.63) is 23.8 Å². The summed E-state index contributed by atoms with van der Waals surface area (Å²) in [6.07, 6.45) is -0.740. The summed E-state index contributed by atoms with van der Waals surface area (Å²) in [5, 5.41) is 27.5. The summed E-state index contributed by atoms with van der Waals surface area (Å²) in [4.78, 5) is 0. The molecule has 1 aromatic carbocycles. The van der Waals surface area contributed by atoms with Gasteiger partial charge in [0, 0.05) is 11.6 Å². The van der Waals surface area contributed by atoms with E-state index in [0.717, 1.165) is 0 Å². The van der Waals surface area contributed by atoms with Gasteiger partial charge in [-0.15, -0.1) is 12.4 Å². The maximum Gasteiger partial charge on any atom is 0.124 e. The molecule has 0 aromatic heterocycles. The molecule has 14 heavy (non-hydrogen) atoms. The van der Waals surface area contributed by atoms with E-state index in [1.165, 1.54) is 25.1 Å². The number of halogens is 1. The number of aliphatic hydroxyl groups excluding tert-OH is 1. The molecule has 5 heteroatoms. The SMILES string of the molecule is C[C@H](O)[C@H](N)c1ccc(O)cc1O.Cl. The normalized spacial score (nSPS) is 14.2. The second kappa shape index (κ2) is 5.05. The van der Waals surface area contributed by atoms with Gasteiger partial charge >= 0.3 is 0 Å². The minimum Gasteiger partial charge on any atom is -0.508 e. The monoisotopic (exact) mass is 219 g/mol. The average molecular weight is 220 g/mol. The highest BCUT2D eigenvalue weighted by molar-refractivity contribution is 5.85. The van der Waals surface area contributed by atoms with Gasteiger partial charge in [0.15, 0.2) is 0 Å². The summed E-state index contributed by atoms with van der Waals surface area (Å²) < 4.78 is 0. The first kappa shape index (κ1) is 13.0. The third-order valence-electron chi connectivity index (χ3n) is 1.89. The predicted molar refractivity (Wildman–Crippen MR) is 55.6 cm³/mol. The van der Waals surface area contributed by atoms with Crippen LogP contribution in [0.25, 0.3) is 0 Å². The molecule has 4 nitrogen and oxygen atoms in total. The highest BCUT2D eigenvalue weighted by Gasteiger charge is 2.15. The van der Waals surface area contributed by atoms with Gasteiger partial charge in [0.2, 0.25) is 0 Å². The van der Waals surface area contributed by atoms with Crippen molar-refractivity contribution in [1.82, 2.24) is 0 Å². The van der Waals surface area contributed by atoms with E-state index in [9.17, 15) is 5.11 Å². The quantitative estimate of drug-likeness (QED) is 0.595. The largest absolute Gasteiger partial charge is 0.508 e. The Kier molecular flexibility index (Phi) is 4.70. The van der Waals surface area contributed by atoms with Crippen LogP contribution in [-0.2, 0) is 0 Å². The fourth-order valence-corrected chi connectivity index (χ4v) is 1.07. The Hall–Kier alpha value is -0.970. The number of phenols is 2. The van der Waals surface area contributed by atoms with Crippen molar-refractivity contribution in [3.8, 4) is 11.5 Å². The predicted octanol–water partition coefficient (Wildman–Crippen LogP) is 0.900. The van der Waals surface area contributed by atoms with Gasteiger partial charge in [0.25, 0.3) is 0 Å². The second-order valence-corrected chi connectivity index (χ2v) is 3.01. The number of nitrogens with two attached hydrogens (primary N) is 1. The maximum absolute atomic E-state index is 9.36. The van der Waals surface area contributed by atoms with Crippen molar-refractivity contribution in [3.63, 3.8) is 0 Å². The van der Waals surface area contributed by atoms with E-state index >= 15 is 0 Å². The lowest BCUT2D eigenvalue weighted by Gasteiger charge is -2.16. The van der Waals surface area contributed by atoms with Crippen molar-refractivity contribution in [1.29, 1.82) is 0 Å². The lowest BCUT2D eigenvalue weighted by molar-refractivity contribution is 0.162. The molecule has 0 aliphatic rings. The zero-order valence-corrected chi connectivity index (χ0v) is 8.53. The Bertz CT molecular complexity index is 304. The first-order valence-corrected chi connectivity index (χ1v) is 3.98. The summed E-state index contributed by atoms with van der Waals surface area (Å²) in [5.74, 6) is -0.132. The summed E-state index contributed by atoms with van der Waals surface area (Å²) >= 11 is 0. The molecule has 0 amide bonds. The highest BCUT2D eigenvalue weighted by atomic mass is 35.5. The Morgan fingerprint density at radius 3 is 2.29 bits per heavy atom. The molecule has 0 saturated carbocycles.